The Hall–Kier alpha value is -0.160. The van der Waals surface area contributed by atoms with Gasteiger partial charge in [-0.1, -0.05) is 0 Å². The third-order valence-corrected chi connectivity index (χ3v) is 2.76. The molecule has 1 aliphatic rings. The molecule has 0 aromatic heterocycles. The van der Waals surface area contributed by atoms with Gasteiger partial charge in [0.25, 0.3) is 0 Å². The Morgan fingerprint density at radius 2 is 1.64 bits per heavy atom. The van der Waals surface area contributed by atoms with Gasteiger partial charge >= 0.3 is 0 Å². The zero-order chi connectivity index (χ0) is 10.6. The number of rotatable bonds is 5. The normalized spacial score (nSPS) is 28.9. The first-order valence-corrected chi connectivity index (χ1v) is 5.10. The fourth-order valence-electron chi connectivity index (χ4n) is 1.80. The minimum absolute atomic E-state index is 0.238. The lowest BCUT2D eigenvalue weighted by Crippen LogP contribution is -2.31. The van der Waals surface area contributed by atoms with Gasteiger partial charge in [0, 0.05) is 40.4 Å². The Kier molecular flexibility index (Phi) is 4.81. The fourth-order valence-corrected chi connectivity index (χ4v) is 1.80. The van der Waals surface area contributed by atoms with Crippen molar-refractivity contribution in [3.63, 3.8) is 0 Å². The number of ether oxygens (including phenoxy) is 2. The summed E-state index contributed by atoms with van der Waals surface area (Å²) in [6.07, 6.45) is 0.476. The summed E-state index contributed by atoms with van der Waals surface area (Å²) >= 11 is 0. The van der Waals surface area contributed by atoms with E-state index < -0.39 is 0 Å². The molecule has 0 bridgehead atoms. The molecule has 1 heterocycles. The van der Waals surface area contributed by atoms with Crippen LogP contribution in [0.2, 0.25) is 0 Å². The largest absolute Gasteiger partial charge is 0.377 e. The smallest absolute Gasteiger partial charge is 0.0971 e. The first-order valence-electron chi connectivity index (χ1n) is 5.10. The number of methoxy groups -OCH3 is 2. The zero-order valence-electron chi connectivity index (χ0n) is 9.69. The molecule has 0 unspecified atom stereocenters. The summed E-state index contributed by atoms with van der Waals surface area (Å²) in [5, 5.41) is 0. The molecule has 0 radical (unpaired) electrons. The lowest BCUT2D eigenvalue weighted by molar-refractivity contribution is -0.00461. The highest BCUT2D eigenvalue weighted by Crippen LogP contribution is 2.14. The quantitative estimate of drug-likeness (QED) is 0.621. The maximum absolute atomic E-state index is 5.37. The van der Waals surface area contributed by atoms with Crippen LogP contribution in [0.25, 0.3) is 0 Å². The maximum Gasteiger partial charge on any atom is 0.0971 e. The topological polar surface area (TPSA) is 24.9 Å². The number of nitrogens with zero attached hydrogens (tertiary/aromatic N) is 2. The maximum atomic E-state index is 5.37. The van der Waals surface area contributed by atoms with Gasteiger partial charge in [0.05, 0.1) is 12.2 Å². The van der Waals surface area contributed by atoms with Gasteiger partial charge in [-0.2, -0.15) is 0 Å². The molecular weight excluding hydrogens is 180 g/mol. The standard InChI is InChI=1S/C10H22N2O2/c1-11(2)5-6-12-7-9(13-3)10(8-12)14-4/h9-10H,5-8H2,1-4H3/t9-,10-/m0/s1. The van der Waals surface area contributed by atoms with Gasteiger partial charge in [-0.3, -0.25) is 4.90 Å². The number of likely N-dealkylation sites (tertiary alicyclic amines) is 1. The van der Waals surface area contributed by atoms with E-state index in [1.165, 1.54) is 0 Å². The van der Waals surface area contributed by atoms with E-state index in [0.717, 1.165) is 26.2 Å². The molecule has 0 amide bonds. The summed E-state index contributed by atoms with van der Waals surface area (Å²) < 4.78 is 10.7. The summed E-state index contributed by atoms with van der Waals surface area (Å²) in [7, 11) is 7.70. The summed E-state index contributed by atoms with van der Waals surface area (Å²) in [4.78, 5) is 4.59. The van der Waals surface area contributed by atoms with Crippen LogP contribution in [-0.4, -0.2) is 76.5 Å². The third kappa shape index (κ3) is 3.20. The fraction of sp³-hybridized carbons (Fsp3) is 1.00. The van der Waals surface area contributed by atoms with E-state index in [1.807, 2.05) is 0 Å². The van der Waals surface area contributed by atoms with Crippen molar-refractivity contribution in [1.82, 2.24) is 9.80 Å². The molecule has 0 saturated carbocycles. The minimum atomic E-state index is 0.238. The van der Waals surface area contributed by atoms with Crippen LogP contribution in [0.1, 0.15) is 0 Å². The Labute approximate surface area is 86.8 Å². The second kappa shape index (κ2) is 5.66. The molecule has 1 rings (SSSR count). The molecule has 1 aliphatic heterocycles. The molecule has 2 atom stereocenters. The van der Waals surface area contributed by atoms with Gasteiger partial charge < -0.3 is 14.4 Å². The van der Waals surface area contributed by atoms with Crippen molar-refractivity contribution in [3.05, 3.63) is 0 Å². The highest BCUT2D eigenvalue weighted by atomic mass is 16.5. The van der Waals surface area contributed by atoms with Crippen molar-refractivity contribution in [2.45, 2.75) is 12.2 Å². The molecule has 0 aromatic carbocycles. The van der Waals surface area contributed by atoms with E-state index in [1.54, 1.807) is 14.2 Å². The molecule has 84 valence electrons. The van der Waals surface area contributed by atoms with E-state index in [2.05, 4.69) is 23.9 Å². The third-order valence-electron chi connectivity index (χ3n) is 2.76. The lowest BCUT2D eigenvalue weighted by Gasteiger charge is -2.17. The van der Waals surface area contributed by atoms with Gasteiger partial charge in [-0.05, 0) is 14.1 Å². The van der Waals surface area contributed by atoms with Crippen LogP contribution in [-0.2, 0) is 9.47 Å². The molecule has 0 spiro atoms. The summed E-state index contributed by atoms with van der Waals surface area (Å²) in [6, 6.07) is 0. The van der Waals surface area contributed by atoms with Crippen LogP contribution in [0.15, 0.2) is 0 Å². The molecule has 0 N–H and O–H groups in total. The van der Waals surface area contributed by atoms with Crippen molar-refractivity contribution in [3.8, 4) is 0 Å². The molecule has 4 heteroatoms. The molecule has 1 fully saturated rings. The van der Waals surface area contributed by atoms with Crippen LogP contribution in [0, 0.1) is 0 Å². The number of hydrogen-bond acceptors (Lipinski definition) is 4. The molecule has 4 nitrogen and oxygen atoms in total. The average Bonchev–Trinajstić information content (AvgIpc) is 2.57. The van der Waals surface area contributed by atoms with Crippen LogP contribution in [0.3, 0.4) is 0 Å². The molecule has 0 aromatic rings. The predicted molar refractivity (Wildman–Crippen MR) is 56.6 cm³/mol. The Balaban J connectivity index is 2.30. The van der Waals surface area contributed by atoms with Crippen molar-refractivity contribution in [1.29, 1.82) is 0 Å². The van der Waals surface area contributed by atoms with Gasteiger partial charge in [0.2, 0.25) is 0 Å². The summed E-state index contributed by atoms with van der Waals surface area (Å²) in [5.74, 6) is 0. The molecule has 1 saturated heterocycles. The monoisotopic (exact) mass is 202 g/mol. The Morgan fingerprint density at radius 3 is 2.00 bits per heavy atom. The highest BCUT2D eigenvalue weighted by molar-refractivity contribution is 4.85. The lowest BCUT2D eigenvalue weighted by atomic mass is 10.3. The summed E-state index contributed by atoms with van der Waals surface area (Å²) in [5.41, 5.74) is 0. The van der Waals surface area contributed by atoms with Crippen molar-refractivity contribution in [2.24, 2.45) is 0 Å². The van der Waals surface area contributed by atoms with Crippen LogP contribution in [0.5, 0.6) is 0 Å². The second-order valence-electron chi connectivity index (χ2n) is 4.11. The minimum Gasteiger partial charge on any atom is -0.377 e. The number of likely N-dealkylation sites (N-methyl/N-ethyl adjacent to an activating group) is 1. The van der Waals surface area contributed by atoms with Crippen LogP contribution in [0.4, 0.5) is 0 Å². The van der Waals surface area contributed by atoms with Gasteiger partial charge in [-0.15, -0.1) is 0 Å². The zero-order valence-corrected chi connectivity index (χ0v) is 9.69. The molecule has 14 heavy (non-hydrogen) atoms. The Bertz CT molecular complexity index is 152. The SMILES string of the molecule is CO[C@H]1CN(CCN(C)C)C[C@@H]1OC. The highest BCUT2D eigenvalue weighted by Gasteiger charge is 2.32. The molecular formula is C10H22N2O2. The average molecular weight is 202 g/mol. The van der Waals surface area contributed by atoms with Crippen molar-refractivity contribution >= 4 is 0 Å². The number of hydrogen-bond donors (Lipinski definition) is 0. The van der Waals surface area contributed by atoms with Crippen molar-refractivity contribution in [2.75, 3.05) is 54.5 Å². The van der Waals surface area contributed by atoms with Crippen LogP contribution < -0.4 is 0 Å². The second-order valence-corrected chi connectivity index (χ2v) is 4.11. The first kappa shape index (κ1) is 11.9. The summed E-state index contributed by atoms with van der Waals surface area (Å²) in [6.45, 7) is 4.16. The van der Waals surface area contributed by atoms with Gasteiger partial charge in [-0.25, -0.2) is 0 Å². The predicted octanol–water partition coefficient (Wildman–Crippen LogP) is -0.106. The van der Waals surface area contributed by atoms with E-state index in [4.69, 9.17) is 9.47 Å². The van der Waals surface area contributed by atoms with E-state index in [-0.39, 0.29) is 12.2 Å². The molecule has 0 aliphatic carbocycles. The van der Waals surface area contributed by atoms with Crippen molar-refractivity contribution < 1.29 is 9.47 Å². The van der Waals surface area contributed by atoms with Crippen LogP contribution >= 0.6 is 0 Å². The van der Waals surface area contributed by atoms with E-state index >= 15 is 0 Å². The van der Waals surface area contributed by atoms with Gasteiger partial charge in [0.15, 0.2) is 0 Å². The van der Waals surface area contributed by atoms with E-state index in [9.17, 15) is 0 Å². The first-order chi connectivity index (χ1) is 6.67. The van der Waals surface area contributed by atoms with Gasteiger partial charge in [0.1, 0.15) is 0 Å². The van der Waals surface area contributed by atoms with E-state index in [0.29, 0.717) is 0 Å². The Morgan fingerprint density at radius 1 is 1.14 bits per heavy atom.